The summed E-state index contributed by atoms with van der Waals surface area (Å²) in [6, 6.07) is 8.41. The van der Waals surface area contributed by atoms with Crippen LogP contribution in [0.25, 0.3) is 0 Å². The number of rotatable bonds is 6. The third-order valence-corrected chi connectivity index (χ3v) is 3.57. The smallest absolute Gasteiger partial charge is 0.196 e. The minimum absolute atomic E-state index is 0.403. The summed E-state index contributed by atoms with van der Waals surface area (Å²) in [6.07, 6.45) is 4.89. The van der Waals surface area contributed by atoms with Gasteiger partial charge in [0.25, 0.3) is 0 Å². The summed E-state index contributed by atoms with van der Waals surface area (Å²) in [6.45, 7) is 3.03. The highest BCUT2D eigenvalue weighted by atomic mass is 16.5. The number of hydrogen-bond donors (Lipinski definition) is 1. The van der Waals surface area contributed by atoms with E-state index < -0.39 is 0 Å². The number of ether oxygens (including phenoxy) is 1. The van der Waals surface area contributed by atoms with Gasteiger partial charge in [0.1, 0.15) is 5.75 Å². The highest BCUT2D eigenvalue weighted by Gasteiger charge is 2.26. The quantitative estimate of drug-likeness (QED) is 0.801. The summed E-state index contributed by atoms with van der Waals surface area (Å²) in [5.41, 5.74) is 7.12. The fourth-order valence-corrected chi connectivity index (χ4v) is 2.48. The van der Waals surface area contributed by atoms with Crippen LogP contribution in [-0.2, 0) is 0 Å². The van der Waals surface area contributed by atoms with E-state index in [0.717, 1.165) is 24.4 Å². The number of hydrogen-bond acceptors (Lipinski definition) is 4. The van der Waals surface area contributed by atoms with Crippen LogP contribution in [0.5, 0.6) is 5.75 Å². The van der Waals surface area contributed by atoms with Gasteiger partial charge in [0.05, 0.1) is 19.7 Å². The van der Waals surface area contributed by atoms with Gasteiger partial charge in [0.2, 0.25) is 0 Å². The molecule has 0 fully saturated rings. The van der Waals surface area contributed by atoms with Crippen molar-refractivity contribution >= 4 is 11.6 Å². The molecule has 104 valence electrons. The molecule has 1 unspecified atom stereocenters. The Morgan fingerprint density at radius 3 is 2.68 bits per heavy atom. The second kappa shape index (κ2) is 6.45. The van der Waals surface area contributed by atoms with Crippen molar-refractivity contribution in [2.75, 3.05) is 18.6 Å². The lowest BCUT2D eigenvalue weighted by Gasteiger charge is -2.26. The summed E-state index contributed by atoms with van der Waals surface area (Å²) in [4.78, 5) is 6.53. The Bertz CT molecular complexity index is 428. The predicted molar refractivity (Wildman–Crippen MR) is 79.9 cm³/mol. The number of methoxy groups -OCH3 is 1. The number of unbranched alkanes of at least 4 members (excludes halogenated alkanes) is 2. The van der Waals surface area contributed by atoms with E-state index in [9.17, 15) is 0 Å². The van der Waals surface area contributed by atoms with E-state index in [1.54, 1.807) is 7.11 Å². The zero-order valence-corrected chi connectivity index (χ0v) is 11.8. The number of nitrogens with two attached hydrogens (primary N) is 1. The monoisotopic (exact) mass is 261 g/mol. The highest BCUT2D eigenvalue weighted by molar-refractivity contribution is 5.97. The van der Waals surface area contributed by atoms with Crippen molar-refractivity contribution < 1.29 is 4.74 Å². The summed E-state index contributed by atoms with van der Waals surface area (Å²) < 4.78 is 5.18. The summed E-state index contributed by atoms with van der Waals surface area (Å²) in [7, 11) is 1.67. The van der Waals surface area contributed by atoms with E-state index in [1.807, 2.05) is 24.3 Å². The van der Waals surface area contributed by atoms with Crippen LogP contribution in [0.2, 0.25) is 0 Å². The summed E-state index contributed by atoms with van der Waals surface area (Å²) in [5.74, 6) is 1.49. The average molecular weight is 261 g/mol. The maximum Gasteiger partial charge on any atom is 0.196 e. The first kappa shape index (κ1) is 13.7. The second-order valence-corrected chi connectivity index (χ2v) is 4.92. The predicted octanol–water partition coefficient (Wildman–Crippen LogP) is 2.78. The molecule has 1 atom stereocenters. The van der Waals surface area contributed by atoms with Crippen LogP contribution in [0.15, 0.2) is 29.3 Å². The van der Waals surface area contributed by atoms with E-state index >= 15 is 0 Å². The molecule has 0 aromatic heterocycles. The Morgan fingerprint density at radius 1 is 1.32 bits per heavy atom. The van der Waals surface area contributed by atoms with E-state index in [-0.39, 0.29) is 0 Å². The van der Waals surface area contributed by atoms with Crippen LogP contribution in [0.1, 0.15) is 32.6 Å². The Balaban J connectivity index is 2.07. The molecule has 1 aromatic carbocycles. The Hall–Kier alpha value is -1.71. The molecule has 1 aliphatic heterocycles. The maximum atomic E-state index is 6.02. The second-order valence-electron chi connectivity index (χ2n) is 4.92. The molecule has 19 heavy (non-hydrogen) atoms. The molecule has 1 heterocycles. The Kier molecular flexibility index (Phi) is 4.66. The Morgan fingerprint density at radius 2 is 2.05 bits per heavy atom. The molecule has 0 amide bonds. The van der Waals surface area contributed by atoms with Crippen LogP contribution in [-0.4, -0.2) is 25.7 Å². The van der Waals surface area contributed by atoms with Gasteiger partial charge >= 0.3 is 0 Å². The van der Waals surface area contributed by atoms with Gasteiger partial charge < -0.3 is 15.4 Å². The number of guanidine groups is 1. The van der Waals surface area contributed by atoms with Gasteiger partial charge in [-0.2, -0.15) is 0 Å². The zero-order valence-electron chi connectivity index (χ0n) is 11.8. The molecule has 1 aliphatic rings. The summed E-state index contributed by atoms with van der Waals surface area (Å²) >= 11 is 0. The van der Waals surface area contributed by atoms with Crippen molar-refractivity contribution in [1.29, 1.82) is 0 Å². The van der Waals surface area contributed by atoms with Gasteiger partial charge in [-0.05, 0) is 30.7 Å². The molecule has 4 nitrogen and oxygen atoms in total. The van der Waals surface area contributed by atoms with Crippen molar-refractivity contribution in [2.45, 2.75) is 38.6 Å². The molecule has 0 saturated carbocycles. The van der Waals surface area contributed by atoms with Crippen LogP contribution in [0, 0.1) is 0 Å². The number of anilines is 1. The van der Waals surface area contributed by atoms with E-state index in [1.165, 1.54) is 19.3 Å². The Labute approximate surface area is 115 Å². The largest absolute Gasteiger partial charge is 0.497 e. The van der Waals surface area contributed by atoms with Gasteiger partial charge in [-0.3, -0.25) is 4.99 Å². The lowest BCUT2D eigenvalue weighted by molar-refractivity contribution is 0.415. The van der Waals surface area contributed by atoms with Gasteiger partial charge in [-0.25, -0.2) is 0 Å². The van der Waals surface area contributed by atoms with Gasteiger partial charge in [-0.15, -0.1) is 0 Å². The fraction of sp³-hybridized carbons (Fsp3) is 0.533. The first-order chi connectivity index (χ1) is 9.26. The third kappa shape index (κ3) is 3.19. The first-order valence-electron chi connectivity index (χ1n) is 6.99. The molecule has 2 N–H and O–H groups in total. The standard InChI is InChI=1S/C15H23N3O/c1-3-4-5-6-13-11-17-15(16)18(13)12-7-9-14(19-2)10-8-12/h7-10,13H,3-6,11H2,1-2H3,(H2,16,17). The van der Waals surface area contributed by atoms with Crippen LogP contribution in [0.3, 0.4) is 0 Å². The van der Waals surface area contributed by atoms with E-state index in [0.29, 0.717) is 12.0 Å². The molecule has 4 heteroatoms. The highest BCUT2D eigenvalue weighted by Crippen LogP contribution is 2.25. The van der Waals surface area contributed by atoms with Crippen molar-refractivity contribution in [3.05, 3.63) is 24.3 Å². The summed E-state index contributed by atoms with van der Waals surface area (Å²) in [5, 5.41) is 0. The number of nitrogens with zero attached hydrogens (tertiary/aromatic N) is 2. The molecular formula is C15H23N3O. The topological polar surface area (TPSA) is 50.8 Å². The average Bonchev–Trinajstić information content (AvgIpc) is 2.80. The van der Waals surface area contributed by atoms with Gasteiger partial charge in [-0.1, -0.05) is 26.2 Å². The van der Waals surface area contributed by atoms with Gasteiger partial charge in [0.15, 0.2) is 5.96 Å². The number of aliphatic imine (C=N–C) groups is 1. The minimum Gasteiger partial charge on any atom is -0.497 e. The maximum absolute atomic E-state index is 6.02. The van der Waals surface area contributed by atoms with Crippen LogP contribution >= 0.6 is 0 Å². The van der Waals surface area contributed by atoms with Crippen molar-refractivity contribution in [3.63, 3.8) is 0 Å². The van der Waals surface area contributed by atoms with Crippen LogP contribution in [0.4, 0.5) is 5.69 Å². The molecule has 1 aromatic rings. The molecule has 0 radical (unpaired) electrons. The van der Waals surface area contributed by atoms with Crippen molar-refractivity contribution in [3.8, 4) is 5.75 Å². The van der Waals surface area contributed by atoms with Crippen molar-refractivity contribution in [2.24, 2.45) is 10.7 Å². The van der Waals surface area contributed by atoms with Gasteiger partial charge in [0, 0.05) is 5.69 Å². The fourth-order valence-electron chi connectivity index (χ4n) is 2.48. The minimum atomic E-state index is 0.403. The molecule has 0 saturated heterocycles. The molecule has 0 bridgehead atoms. The zero-order chi connectivity index (χ0) is 13.7. The third-order valence-electron chi connectivity index (χ3n) is 3.57. The normalized spacial score (nSPS) is 18.5. The lowest BCUT2D eigenvalue weighted by atomic mass is 10.1. The molecule has 0 aliphatic carbocycles. The SMILES string of the molecule is CCCCCC1CN=C(N)N1c1ccc(OC)cc1. The molecule has 2 rings (SSSR count). The first-order valence-corrected chi connectivity index (χ1v) is 6.99. The van der Waals surface area contributed by atoms with E-state index in [2.05, 4.69) is 16.8 Å². The lowest BCUT2D eigenvalue weighted by Crippen LogP contribution is -2.40. The number of benzene rings is 1. The molecular weight excluding hydrogens is 238 g/mol. The van der Waals surface area contributed by atoms with Crippen molar-refractivity contribution in [1.82, 2.24) is 0 Å². The van der Waals surface area contributed by atoms with Crippen LogP contribution < -0.4 is 15.4 Å². The van der Waals surface area contributed by atoms with E-state index in [4.69, 9.17) is 10.5 Å². The molecule has 0 spiro atoms.